The molecule has 18 heavy (non-hydrogen) atoms. The van der Waals surface area contributed by atoms with E-state index in [0.29, 0.717) is 16.4 Å². The molecule has 2 aromatic rings. The zero-order valence-corrected chi connectivity index (χ0v) is 10.1. The summed E-state index contributed by atoms with van der Waals surface area (Å²) < 4.78 is 0. The lowest BCUT2D eigenvalue weighted by Crippen LogP contribution is -2.13. The van der Waals surface area contributed by atoms with Gasteiger partial charge in [0.25, 0.3) is 5.91 Å². The predicted molar refractivity (Wildman–Crippen MR) is 72.7 cm³/mol. The number of rotatable bonds is 1. The van der Waals surface area contributed by atoms with Gasteiger partial charge in [-0.25, -0.2) is 4.99 Å². The molecule has 1 aliphatic rings. The molecule has 1 N–H and O–H groups in total. The molecule has 1 aliphatic heterocycles. The summed E-state index contributed by atoms with van der Waals surface area (Å²) in [5.41, 5.74) is 2.53. The quantitative estimate of drug-likeness (QED) is 0.835. The molecule has 0 bridgehead atoms. The van der Waals surface area contributed by atoms with E-state index in [1.807, 2.05) is 42.5 Å². The van der Waals surface area contributed by atoms with Gasteiger partial charge < -0.3 is 5.32 Å². The van der Waals surface area contributed by atoms with Crippen LogP contribution in [0.2, 0.25) is 5.02 Å². The minimum absolute atomic E-state index is 0.220. The summed E-state index contributed by atoms with van der Waals surface area (Å²) in [5, 5.41) is 3.26. The molecule has 2 aromatic carbocycles. The van der Waals surface area contributed by atoms with E-state index >= 15 is 0 Å². The van der Waals surface area contributed by atoms with E-state index in [4.69, 9.17) is 11.6 Å². The zero-order valence-electron chi connectivity index (χ0n) is 9.35. The van der Waals surface area contributed by atoms with Crippen molar-refractivity contribution in [2.24, 2.45) is 4.99 Å². The lowest BCUT2D eigenvalue weighted by molar-refractivity contribution is -0.110. The van der Waals surface area contributed by atoms with Crippen LogP contribution in [0, 0.1) is 0 Å². The topological polar surface area (TPSA) is 41.5 Å². The number of fused-ring (bicyclic) bond motifs is 1. The first kappa shape index (κ1) is 11.0. The molecule has 3 nitrogen and oxygen atoms in total. The molecule has 0 aliphatic carbocycles. The second-order valence-electron chi connectivity index (χ2n) is 3.91. The third-order valence-electron chi connectivity index (χ3n) is 2.72. The Bertz CT molecular complexity index is 650. The Hall–Kier alpha value is -2.13. The Morgan fingerprint density at radius 1 is 1.00 bits per heavy atom. The highest BCUT2D eigenvalue weighted by Gasteiger charge is 2.27. The van der Waals surface area contributed by atoms with Crippen molar-refractivity contribution in [2.75, 3.05) is 5.32 Å². The van der Waals surface area contributed by atoms with Crippen LogP contribution in [0.1, 0.15) is 5.56 Å². The SMILES string of the molecule is O=C1Nc2c(Cl)cccc2C1=Nc1ccccc1. The van der Waals surface area contributed by atoms with Crippen LogP contribution in [-0.2, 0) is 4.79 Å². The van der Waals surface area contributed by atoms with E-state index in [-0.39, 0.29) is 5.91 Å². The number of hydrogen-bond donors (Lipinski definition) is 1. The number of amides is 1. The first-order valence-electron chi connectivity index (χ1n) is 5.50. The Balaban J connectivity index is 2.13. The maximum atomic E-state index is 11.9. The largest absolute Gasteiger partial charge is 0.319 e. The summed E-state index contributed by atoms with van der Waals surface area (Å²) in [6.07, 6.45) is 0. The van der Waals surface area contributed by atoms with Crippen molar-refractivity contribution in [1.29, 1.82) is 0 Å². The van der Waals surface area contributed by atoms with Crippen molar-refractivity contribution in [1.82, 2.24) is 0 Å². The molecular weight excluding hydrogens is 248 g/mol. The minimum atomic E-state index is -0.220. The first-order chi connectivity index (χ1) is 8.75. The van der Waals surface area contributed by atoms with Crippen LogP contribution in [0.3, 0.4) is 0 Å². The average molecular weight is 257 g/mol. The number of carbonyl (C=O) groups excluding carboxylic acids is 1. The van der Waals surface area contributed by atoms with Crippen LogP contribution in [0.4, 0.5) is 11.4 Å². The van der Waals surface area contributed by atoms with Gasteiger partial charge in [0.15, 0.2) is 0 Å². The van der Waals surface area contributed by atoms with Gasteiger partial charge >= 0.3 is 0 Å². The highest BCUT2D eigenvalue weighted by Crippen LogP contribution is 2.32. The lowest BCUT2D eigenvalue weighted by Gasteiger charge is -1.99. The fraction of sp³-hybridized carbons (Fsp3) is 0. The molecule has 0 fully saturated rings. The molecule has 1 heterocycles. The van der Waals surface area contributed by atoms with Crippen LogP contribution in [-0.4, -0.2) is 11.6 Å². The van der Waals surface area contributed by atoms with Crippen LogP contribution in [0.5, 0.6) is 0 Å². The summed E-state index contributed by atoms with van der Waals surface area (Å²) in [6.45, 7) is 0. The number of carbonyl (C=O) groups is 1. The third-order valence-corrected chi connectivity index (χ3v) is 3.03. The van der Waals surface area contributed by atoms with Gasteiger partial charge in [0, 0.05) is 5.56 Å². The van der Waals surface area contributed by atoms with Gasteiger partial charge in [-0.3, -0.25) is 4.79 Å². The normalized spacial score (nSPS) is 15.6. The maximum Gasteiger partial charge on any atom is 0.275 e. The monoisotopic (exact) mass is 256 g/mol. The summed E-state index contributed by atoms with van der Waals surface area (Å²) in [7, 11) is 0. The average Bonchev–Trinajstić information content (AvgIpc) is 2.70. The van der Waals surface area contributed by atoms with E-state index in [0.717, 1.165) is 11.3 Å². The van der Waals surface area contributed by atoms with Crippen LogP contribution in [0.15, 0.2) is 53.5 Å². The van der Waals surface area contributed by atoms with Crippen molar-refractivity contribution in [2.45, 2.75) is 0 Å². The first-order valence-corrected chi connectivity index (χ1v) is 5.87. The highest BCUT2D eigenvalue weighted by atomic mass is 35.5. The number of para-hydroxylation sites is 2. The number of anilines is 1. The van der Waals surface area contributed by atoms with E-state index in [1.54, 1.807) is 6.07 Å². The molecule has 3 rings (SSSR count). The second kappa shape index (κ2) is 4.27. The van der Waals surface area contributed by atoms with Gasteiger partial charge in [0.05, 0.1) is 16.4 Å². The maximum absolute atomic E-state index is 11.9. The van der Waals surface area contributed by atoms with Gasteiger partial charge in [0.1, 0.15) is 5.71 Å². The van der Waals surface area contributed by atoms with Crippen molar-refractivity contribution >= 4 is 34.6 Å². The second-order valence-corrected chi connectivity index (χ2v) is 4.32. The van der Waals surface area contributed by atoms with Gasteiger partial charge in [-0.2, -0.15) is 0 Å². The summed E-state index contributed by atoms with van der Waals surface area (Å²) in [4.78, 5) is 16.3. The van der Waals surface area contributed by atoms with Crippen molar-refractivity contribution in [3.8, 4) is 0 Å². The molecule has 0 radical (unpaired) electrons. The van der Waals surface area contributed by atoms with Crippen LogP contribution < -0.4 is 5.32 Å². The number of aliphatic imine (C=N–C) groups is 1. The molecule has 0 saturated heterocycles. The van der Waals surface area contributed by atoms with E-state index in [2.05, 4.69) is 10.3 Å². The number of nitrogens with zero attached hydrogens (tertiary/aromatic N) is 1. The van der Waals surface area contributed by atoms with Crippen LogP contribution >= 0.6 is 11.6 Å². The summed E-state index contributed by atoms with van der Waals surface area (Å²) >= 11 is 6.03. The van der Waals surface area contributed by atoms with E-state index < -0.39 is 0 Å². The lowest BCUT2D eigenvalue weighted by atomic mass is 10.1. The molecule has 88 valence electrons. The number of hydrogen-bond acceptors (Lipinski definition) is 2. The fourth-order valence-electron chi connectivity index (χ4n) is 1.89. The molecule has 4 heteroatoms. The molecule has 0 spiro atoms. The Labute approximate surface area is 109 Å². The molecule has 0 aromatic heterocycles. The standard InChI is InChI=1S/C14H9ClN2O/c15-11-8-4-7-10-12(11)17-14(18)13(10)16-9-5-2-1-3-6-9/h1-8H,(H,16,17,18). The Morgan fingerprint density at radius 3 is 2.56 bits per heavy atom. The molecule has 0 saturated carbocycles. The fourth-order valence-corrected chi connectivity index (χ4v) is 2.11. The molecule has 1 amide bonds. The molecular formula is C14H9ClN2O. The van der Waals surface area contributed by atoms with Crippen molar-refractivity contribution < 1.29 is 4.79 Å². The van der Waals surface area contributed by atoms with E-state index in [9.17, 15) is 4.79 Å². The van der Waals surface area contributed by atoms with Gasteiger partial charge in [-0.15, -0.1) is 0 Å². The minimum Gasteiger partial charge on any atom is -0.319 e. The molecule has 0 unspecified atom stereocenters. The van der Waals surface area contributed by atoms with Crippen molar-refractivity contribution in [3.05, 3.63) is 59.1 Å². The summed E-state index contributed by atoms with van der Waals surface area (Å²) in [6, 6.07) is 14.8. The van der Waals surface area contributed by atoms with Gasteiger partial charge in [-0.1, -0.05) is 41.9 Å². The number of halogens is 1. The zero-order chi connectivity index (χ0) is 12.5. The van der Waals surface area contributed by atoms with Gasteiger partial charge in [-0.05, 0) is 18.2 Å². The predicted octanol–water partition coefficient (Wildman–Crippen LogP) is 3.41. The Kier molecular flexibility index (Phi) is 2.61. The van der Waals surface area contributed by atoms with E-state index in [1.165, 1.54) is 0 Å². The summed E-state index contributed by atoms with van der Waals surface area (Å²) in [5.74, 6) is -0.220. The number of nitrogens with one attached hydrogen (secondary N) is 1. The highest BCUT2D eigenvalue weighted by molar-refractivity contribution is 6.55. The van der Waals surface area contributed by atoms with Crippen molar-refractivity contribution in [3.63, 3.8) is 0 Å². The van der Waals surface area contributed by atoms with Gasteiger partial charge in [0.2, 0.25) is 0 Å². The molecule has 0 atom stereocenters. The van der Waals surface area contributed by atoms with Crippen LogP contribution in [0.25, 0.3) is 0 Å². The smallest absolute Gasteiger partial charge is 0.275 e. The third kappa shape index (κ3) is 1.79. The number of benzene rings is 2. The Morgan fingerprint density at radius 2 is 1.78 bits per heavy atom.